The smallest absolute Gasteiger partial charge is 0.272 e. The molecule has 104 valence electrons. The highest BCUT2D eigenvalue weighted by atomic mass is 35.5. The van der Waals surface area contributed by atoms with E-state index in [1.54, 1.807) is 6.07 Å². The Bertz CT molecular complexity index is 721. The van der Waals surface area contributed by atoms with Crippen molar-refractivity contribution in [2.45, 2.75) is 4.90 Å². The minimum absolute atomic E-state index is 0.0127. The Morgan fingerprint density at radius 3 is 2.70 bits per heavy atom. The van der Waals surface area contributed by atoms with E-state index in [0.29, 0.717) is 0 Å². The Morgan fingerprint density at radius 1 is 1.25 bits per heavy atom. The van der Waals surface area contributed by atoms with Gasteiger partial charge >= 0.3 is 0 Å². The summed E-state index contributed by atoms with van der Waals surface area (Å²) < 4.78 is 23.8. The van der Waals surface area contributed by atoms with Crippen molar-refractivity contribution in [3.63, 3.8) is 0 Å². The molecule has 0 unspecified atom stereocenters. The van der Waals surface area contributed by atoms with Crippen LogP contribution in [-0.4, -0.2) is 24.3 Å². The molecule has 0 saturated carbocycles. The molecule has 0 fully saturated rings. The molecule has 1 aromatic heterocycles. The lowest BCUT2D eigenvalue weighted by atomic mass is 10.4. The first-order chi connectivity index (χ1) is 9.49. The summed E-state index contributed by atoms with van der Waals surface area (Å²) in [7, 11) is -3.90. The van der Waals surface area contributed by atoms with Gasteiger partial charge in [0.1, 0.15) is 5.69 Å². The fraction of sp³-hybridized carbons (Fsp3) is 0. The summed E-state index contributed by atoms with van der Waals surface area (Å²) in [6, 6.07) is 5.64. The highest BCUT2D eigenvalue weighted by Gasteiger charge is 2.16. The number of nitrogens with zero attached hydrogens (tertiary/aromatic N) is 2. The number of hydrogen-bond donors (Lipinski definition) is 2. The van der Waals surface area contributed by atoms with E-state index in [1.165, 1.54) is 36.8 Å². The third-order valence-electron chi connectivity index (χ3n) is 2.20. The predicted molar refractivity (Wildman–Crippen MR) is 71.3 cm³/mol. The number of rotatable bonds is 4. The number of hydrogen-bond acceptors (Lipinski definition) is 5. The number of halogens is 1. The minimum atomic E-state index is -3.90. The van der Waals surface area contributed by atoms with E-state index in [4.69, 9.17) is 11.6 Å². The maximum absolute atomic E-state index is 11.9. The molecule has 0 atom stereocenters. The molecular formula is C11H9ClN4O3S. The second-order valence-electron chi connectivity index (χ2n) is 3.61. The number of nitrogens with one attached hydrogen (secondary N) is 2. The van der Waals surface area contributed by atoms with Crippen LogP contribution in [0.2, 0.25) is 5.02 Å². The van der Waals surface area contributed by atoms with Crippen molar-refractivity contribution in [1.29, 1.82) is 0 Å². The first-order valence-corrected chi connectivity index (χ1v) is 7.19. The Balaban J connectivity index is 2.09. The van der Waals surface area contributed by atoms with Crippen molar-refractivity contribution in [2.75, 3.05) is 0 Å². The van der Waals surface area contributed by atoms with E-state index in [1.807, 2.05) is 10.3 Å². The van der Waals surface area contributed by atoms with Gasteiger partial charge in [-0.15, -0.1) is 4.83 Å². The predicted octanol–water partition coefficient (Wildman–Crippen LogP) is 0.753. The summed E-state index contributed by atoms with van der Waals surface area (Å²) >= 11 is 5.71. The third-order valence-corrected chi connectivity index (χ3v) is 3.68. The Hall–Kier alpha value is -2.03. The summed E-state index contributed by atoms with van der Waals surface area (Å²) in [6.07, 6.45) is 3.93. The molecule has 0 aliphatic carbocycles. The molecule has 1 heterocycles. The zero-order valence-electron chi connectivity index (χ0n) is 9.95. The van der Waals surface area contributed by atoms with Gasteiger partial charge in [-0.25, -0.2) is 13.4 Å². The molecule has 9 heteroatoms. The van der Waals surface area contributed by atoms with Gasteiger partial charge in [-0.05, 0) is 18.2 Å². The number of carbonyl (C=O) groups excluding carboxylic acids is 1. The summed E-state index contributed by atoms with van der Waals surface area (Å²) in [4.78, 5) is 20.9. The van der Waals surface area contributed by atoms with Gasteiger partial charge in [0.25, 0.3) is 15.9 Å². The highest BCUT2D eigenvalue weighted by molar-refractivity contribution is 7.89. The van der Waals surface area contributed by atoms with Crippen LogP contribution in [-0.2, 0) is 10.0 Å². The van der Waals surface area contributed by atoms with Crippen molar-refractivity contribution in [2.24, 2.45) is 0 Å². The van der Waals surface area contributed by atoms with Gasteiger partial charge < -0.3 is 0 Å². The first-order valence-electron chi connectivity index (χ1n) is 5.33. The van der Waals surface area contributed by atoms with E-state index in [-0.39, 0.29) is 15.6 Å². The van der Waals surface area contributed by atoms with E-state index in [2.05, 4.69) is 9.97 Å². The second-order valence-corrected chi connectivity index (χ2v) is 5.73. The lowest BCUT2D eigenvalue weighted by Gasteiger charge is -2.08. The van der Waals surface area contributed by atoms with Crippen LogP contribution in [0.25, 0.3) is 0 Å². The quantitative estimate of drug-likeness (QED) is 0.811. The second kappa shape index (κ2) is 5.95. The van der Waals surface area contributed by atoms with Crippen LogP contribution in [0.3, 0.4) is 0 Å². The molecule has 0 aliphatic rings. The average molecular weight is 313 g/mol. The number of amides is 1. The molecule has 2 aromatic rings. The first kappa shape index (κ1) is 14.4. The normalized spacial score (nSPS) is 11.1. The van der Waals surface area contributed by atoms with Crippen LogP contribution >= 0.6 is 11.6 Å². The van der Waals surface area contributed by atoms with E-state index in [0.717, 1.165) is 0 Å². The molecule has 2 N–H and O–H groups in total. The Labute approximate surface area is 120 Å². The molecule has 1 aromatic carbocycles. The maximum atomic E-state index is 11.9. The number of benzene rings is 1. The van der Waals surface area contributed by atoms with E-state index in [9.17, 15) is 13.2 Å². The fourth-order valence-electron chi connectivity index (χ4n) is 1.29. The summed E-state index contributed by atoms with van der Waals surface area (Å²) in [5.74, 6) is -0.719. The highest BCUT2D eigenvalue weighted by Crippen LogP contribution is 2.14. The fourth-order valence-corrected chi connectivity index (χ4v) is 2.43. The third kappa shape index (κ3) is 3.50. The van der Waals surface area contributed by atoms with Gasteiger partial charge in [0.15, 0.2) is 0 Å². The van der Waals surface area contributed by atoms with Crippen molar-refractivity contribution >= 4 is 27.5 Å². The molecule has 20 heavy (non-hydrogen) atoms. The summed E-state index contributed by atoms with van der Waals surface area (Å²) in [6.45, 7) is 0. The maximum Gasteiger partial charge on any atom is 0.286 e. The number of sulfonamides is 1. The van der Waals surface area contributed by atoms with Crippen molar-refractivity contribution in [1.82, 2.24) is 20.2 Å². The van der Waals surface area contributed by atoms with Crippen LogP contribution in [0.4, 0.5) is 0 Å². The van der Waals surface area contributed by atoms with Gasteiger partial charge in [0, 0.05) is 17.4 Å². The number of carbonyl (C=O) groups is 1. The lowest BCUT2D eigenvalue weighted by Crippen LogP contribution is -2.41. The van der Waals surface area contributed by atoms with Crippen LogP contribution < -0.4 is 10.3 Å². The van der Waals surface area contributed by atoms with E-state index >= 15 is 0 Å². The Morgan fingerprint density at radius 2 is 2.05 bits per heavy atom. The summed E-state index contributed by atoms with van der Waals surface area (Å²) in [5.41, 5.74) is 2.02. The van der Waals surface area contributed by atoms with Gasteiger partial charge in [0.2, 0.25) is 0 Å². The monoisotopic (exact) mass is 312 g/mol. The number of aromatic nitrogens is 2. The molecular weight excluding hydrogens is 304 g/mol. The molecule has 1 amide bonds. The largest absolute Gasteiger partial charge is 0.286 e. The standard InChI is InChI=1S/C11H9ClN4O3S/c12-8-2-1-3-9(6-8)20(18,19)16-15-11(17)10-7-13-4-5-14-10/h1-7,16H,(H,15,17). The van der Waals surface area contributed by atoms with Gasteiger partial charge in [0.05, 0.1) is 11.1 Å². The molecule has 0 spiro atoms. The van der Waals surface area contributed by atoms with Crippen molar-refractivity contribution in [3.8, 4) is 0 Å². The van der Waals surface area contributed by atoms with E-state index < -0.39 is 15.9 Å². The average Bonchev–Trinajstić information content (AvgIpc) is 2.46. The van der Waals surface area contributed by atoms with Gasteiger partial charge in [-0.2, -0.15) is 0 Å². The topological polar surface area (TPSA) is 101 Å². The van der Waals surface area contributed by atoms with Crippen LogP contribution in [0, 0.1) is 0 Å². The minimum Gasteiger partial charge on any atom is -0.272 e. The SMILES string of the molecule is O=C(NNS(=O)(=O)c1cccc(Cl)c1)c1cnccn1. The van der Waals surface area contributed by atoms with Crippen LogP contribution in [0.1, 0.15) is 10.5 Å². The van der Waals surface area contributed by atoms with Crippen LogP contribution in [0.5, 0.6) is 0 Å². The van der Waals surface area contributed by atoms with Crippen molar-refractivity contribution < 1.29 is 13.2 Å². The zero-order valence-corrected chi connectivity index (χ0v) is 11.5. The molecule has 2 rings (SSSR count). The molecule has 0 saturated heterocycles. The number of hydrazine groups is 1. The molecule has 0 aliphatic heterocycles. The van der Waals surface area contributed by atoms with Gasteiger partial charge in [-0.1, -0.05) is 17.7 Å². The molecule has 7 nitrogen and oxygen atoms in total. The van der Waals surface area contributed by atoms with Crippen molar-refractivity contribution in [3.05, 3.63) is 53.6 Å². The Kier molecular flexibility index (Phi) is 4.28. The summed E-state index contributed by atoms with van der Waals surface area (Å²) in [5, 5.41) is 0.271. The zero-order chi connectivity index (χ0) is 14.6. The van der Waals surface area contributed by atoms with Gasteiger partial charge in [-0.3, -0.25) is 15.2 Å². The molecule has 0 radical (unpaired) electrons. The van der Waals surface area contributed by atoms with Crippen LogP contribution in [0.15, 0.2) is 47.8 Å². The lowest BCUT2D eigenvalue weighted by molar-refractivity contribution is 0.0939. The molecule has 0 bridgehead atoms.